The summed E-state index contributed by atoms with van der Waals surface area (Å²) in [5.41, 5.74) is 8.12. The number of primary amides is 1. The van der Waals surface area contributed by atoms with E-state index in [1.807, 2.05) is 44.2 Å². The molecular formula is C45H63N11O9S. The molecule has 0 aliphatic carbocycles. The van der Waals surface area contributed by atoms with Crippen molar-refractivity contribution in [1.82, 2.24) is 51.8 Å². The number of hydrogen-bond acceptors (Lipinski definition) is 11. The van der Waals surface area contributed by atoms with E-state index in [4.69, 9.17) is 5.73 Å². The highest BCUT2D eigenvalue weighted by atomic mass is 32.2. The second kappa shape index (κ2) is 24.1. The molecule has 3 aromatic rings. The number of carbonyl (C=O) groups excluding carboxylic acids is 9. The molecule has 0 bridgehead atoms. The van der Waals surface area contributed by atoms with Gasteiger partial charge in [-0.05, 0) is 66.4 Å². The lowest BCUT2D eigenvalue weighted by Gasteiger charge is -2.24. The summed E-state index contributed by atoms with van der Waals surface area (Å²) >= 11 is 1.29. The van der Waals surface area contributed by atoms with Gasteiger partial charge >= 0.3 is 0 Å². The fraction of sp³-hybridized carbons (Fsp3) is 0.511. The van der Waals surface area contributed by atoms with Gasteiger partial charge in [0, 0.05) is 60.6 Å². The van der Waals surface area contributed by atoms with Crippen molar-refractivity contribution in [2.45, 2.75) is 141 Å². The number of aromatic amines is 1. The first-order chi connectivity index (χ1) is 31.2. The van der Waals surface area contributed by atoms with E-state index in [2.05, 4.69) is 51.8 Å². The van der Waals surface area contributed by atoms with Crippen LogP contribution in [-0.4, -0.2) is 116 Å². The average molecular weight is 934 g/mol. The SMILES string of the molecule is C/C=C(\C)c1c2ccccc2c2n1CCCC[C@H](NC(C)=O)C(=O)N[C@@H](C)C(=O)N[C@@H](C)C(=O)C[C@@H](C)C(=O)N[C@@H](C)C(=O)N[C@@H](C)C(=O)N[C@H](C(=O)N[C@@H](Cc1cnc[nH]1)C(N)=O)CS2. The van der Waals surface area contributed by atoms with Crippen LogP contribution in [0.15, 0.2) is 47.9 Å². The molecule has 2 aromatic heterocycles. The summed E-state index contributed by atoms with van der Waals surface area (Å²) in [6.45, 7) is 12.8. The van der Waals surface area contributed by atoms with Gasteiger partial charge in [-0.25, -0.2) is 4.98 Å². The number of benzene rings is 1. The number of carbonyl (C=O) groups is 9. The van der Waals surface area contributed by atoms with Crippen LogP contribution in [0.4, 0.5) is 0 Å². The van der Waals surface area contributed by atoms with E-state index in [0.717, 1.165) is 27.1 Å². The Balaban J connectivity index is 1.74. The molecule has 0 saturated carbocycles. The molecule has 358 valence electrons. The molecule has 1 aliphatic rings. The molecule has 0 radical (unpaired) electrons. The molecule has 21 heteroatoms. The minimum atomic E-state index is -1.28. The summed E-state index contributed by atoms with van der Waals surface area (Å²) in [5.74, 6) is -6.78. The molecule has 1 aliphatic heterocycles. The number of nitrogens with two attached hydrogens (primary N) is 1. The third-order valence-electron chi connectivity index (χ3n) is 11.3. The van der Waals surface area contributed by atoms with Gasteiger partial charge < -0.3 is 52.5 Å². The van der Waals surface area contributed by atoms with E-state index in [1.54, 1.807) is 0 Å². The Labute approximate surface area is 387 Å². The summed E-state index contributed by atoms with van der Waals surface area (Å²) in [4.78, 5) is 126. The molecule has 20 nitrogen and oxygen atoms in total. The molecule has 8 amide bonds. The number of amides is 8. The maximum Gasteiger partial charge on any atom is 0.244 e. The van der Waals surface area contributed by atoms with E-state index in [9.17, 15) is 43.2 Å². The molecule has 0 unspecified atom stereocenters. The summed E-state index contributed by atoms with van der Waals surface area (Å²) in [7, 11) is 0. The van der Waals surface area contributed by atoms with E-state index in [-0.39, 0.29) is 25.0 Å². The Morgan fingerprint density at radius 2 is 1.42 bits per heavy atom. The largest absolute Gasteiger partial charge is 0.368 e. The molecule has 0 spiro atoms. The lowest BCUT2D eigenvalue weighted by Crippen LogP contribution is -2.58. The predicted octanol–water partition coefficient (Wildman–Crippen LogP) is 0.880. The van der Waals surface area contributed by atoms with Crippen molar-refractivity contribution in [3.05, 3.63) is 54.3 Å². The first-order valence-electron chi connectivity index (χ1n) is 22.0. The number of nitrogens with zero attached hydrogens (tertiary/aromatic N) is 2. The fourth-order valence-electron chi connectivity index (χ4n) is 7.28. The van der Waals surface area contributed by atoms with E-state index in [0.29, 0.717) is 25.1 Å². The number of H-pyrrole nitrogens is 1. The lowest BCUT2D eigenvalue weighted by atomic mass is 9.99. The number of nitrogens with one attached hydrogen (secondary N) is 8. The van der Waals surface area contributed by atoms with Crippen molar-refractivity contribution < 1.29 is 43.2 Å². The Morgan fingerprint density at radius 1 is 0.833 bits per heavy atom. The van der Waals surface area contributed by atoms with Crippen molar-refractivity contribution in [2.24, 2.45) is 11.7 Å². The van der Waals surface area contributed by atoms with Crippen LogP contribution in [-0.2, 0) is 56.1 Å². The molecule has 3 heterocycles. The molecular weight excluding hydrogens is 871 g/mol. The van der Waals surface area contributed by atoms with E-state index < -0.39 is 101 Å². The first kappa shape index (κ1) is 52.1. The van der Waals surface area contributed by atoms with E-state index in [1.165, 1.54) is 65.8 Å². The van der Waals surface area contributed by atoms with Crippen molar-refractivity contribution in [3.8, 4) is 0 Å². The Bertz CT molecular complexity index is 2310. The minimum absolute atomic E-state index is 0.00523. The Hall–Kier alpha value is -6.51. The smallest absolute Gasteiger partial charge is 0.244 e. The highest BCUT2D eigenvalue weighted by molar-refractivity contribution is 7.99. The molecule has 10 N–H and O–H groups in total. The van der Waals surface area contributed by atoms with Gasteiger partial charge in [0.25, 0.3) is 0 Å². The fourth-order valence-corrected chi connectivity index (χ4v) is 8.51. The summed E-state index contributed by atoms with van der Waals surface area (Å²) < 4.78 is 2.11. The average Bonchev–Trinajstić information content (AvgIpc) is 3.90. The quantitative estimate of drug-likeness (QED) is 0.160. The zero-order valence-electron chi connectivity index (χ0n) is 38.7. The zero-order chi connectivity index (χ0) is 48.8. The zero-order valence-corrected chi connectivity index (χ0v) is 39.5. The second-order valence-corrected chi connectivity index (χ2v) is 17.7. The number of imidazole rings is 1. The third-order valence-corrected chi connectivity index (χ3v) is 12.5. The summed E-state index contributed by atoms with van der Waals surface area (Å²) in [6.07, 6.45) is 5.79. The topological polar surface area (TPSA) is 297 Å². The minimum Gasteiger partial charge on any atom is -0.368 e. The van der Waals surface area contributed by atoms with Gasteiger partial charge in [0.2, 0.25) is 47.3 Å². The maximum atomic E-state index is 14.2. The van der Waals surface area contributed by atoms with Gasteiger partial charge in [0.15, 0.2) is 5.78 Å². The number of ketones is 1. The number of Topliss-reactive ketones (excluding diaryl/α,β-unsaturated/α-hetero) is 1. The molecule has 1 aromatic carbocycles. The maximum absolute atomic E-state index is 14.2. The van der Waals surface area contributed by atoms with Crippen LogP contribution >= 0.6 is 11.8 Å². The predicted molar refractivity (Wildman–Crippen MR) is 248 cm³/mol. The monoisotopic (exact) mass is 933 g/mol. The lowest BCUT2D eigenvalue weighted by molar-refractivity contribution is -0.135. The van der Waals surface area contributed by atoms with Gasteiger partial charge in [-0.1, -0.05) is 37.3 Å². The van der Waals surface area contributed by atoms with Crippen molar-refractivity contribution in [3.63, 3.8) is 0 Å². The third kappa shape index (κ3) is 14.2. The number of thioether (sulfide) groups is 1. The summed E-state index contributed by atoms with van der Waals surface area (Å²) in [6, 6.07) is -0.185. The van der Waals surface area contributed by atoms with Crippen LogP contribution < -0.4 is 43.0 Å². The van der Waals surface area contributed by atoms with Crippen LogP contribution in [0.1, 0.15) is 92.5 Å². The number of allylic oxidation sites excluding steroid dienone is 2. The van der Waals surface area contributed by atoms with Gasteiger partial charge in [0.1, 0.15) is 36.3 Å². The van der Waals surface area contributed by atoms with Gasteiger partial charge in [0.05, 0.1) is 23.1 Å². The number of aromatic nitrogens is 3. The number of hydrogen-bond donors (Lipinski definition) is 9. The molecule has 0 saturated heterocycles. The van der Waals surface area contributed by atoms with Crippen molar-refractivity contribution in [1.29, 1.82) is 0 Å². The molecule has 66 heavy (non-hydrogen) atoms. The van der Waals surface area contributed by atoms with Crippen molar-refractivity contribution in [2.75, 3.05) is 5.75 Å². The molecule has 8 atom stereocenters. The van der Waals surface area contributed by atoms with Crippen LogP contribution in [0.25, 0.3) is 16.3 Å². The number of fused-ring (bicyclic) bond motifs is 3. The van der Waals surface area contributed by atoms with Crippen LogP contribution in [0, 0.1) is 5.92 Å². The van der Waals surface area contributed by atoms with Crippen LogP contribution in [0.5, 0.6) is 0 Å². The first-order valence-corrected chi connectivity index (χ1v) is 23.0. The highest BCUT2D eigenvalue weighted by Crippen LogP contribution is 2.37. The van der Waals surface area contributed by atoms with Gasteiger partial charge in [-0.2, -0.15) is 0 Å². The molecule has 0 fully saturated rings. The van der Waals surface area contributed by atoms with Gasteiger partial charge in [-0.3, -0.25) is 43.2 Å². The molecule has 4 rings (SSSR count). The van der Waals surface area contributed by atoms with Crippen LogP contribution in [0.3, 0.4) is 0 Å². The Kier molecular flexibility index (Phi) is 19.1. The Morgan fingerprint density at radius 3 is 2.02 bits per heavy atom. The van der Waals surface area contributed by atoms with Gasteiger partial charge in [-0.15, -0.1) is 11.8 Å². The highest BCUT2D eigenvalue weighted by Gasteiger charge is 2.32. The van der Waals surface area contributed by atoms with E-state index >= 15 is 0 Å². The number of rotatable bonds is 7. The second-order valence-electron chi connectivity index (χ2n) is 16.7. The normalized spacial score (nSPS) is 24.6. The van der Waals surface area contributed by atoms with Crippen LogP contribution in [0.2, 0.25) is 0 Å². The summed E-state index contributed by atoms with van der Waals surface area (Å²) in [5, 5.41) is 21.0. The van der Waals surface area contributed by atoms with Crippen molar-refractivity contribution >= 4 is 81.1 Å². The standard InChI is InChI=1S/C45H63N11O9S/c1-9-23(2)37-31-14-10-11-15-32(31)45-56(37)17-13-12-16-33(53-29(8)57)43(64)52-27(6)40(61)49-25(4)36(58)18-24(3)39(60)50-26(5)41(62)51-28(7)42(63)55-35(21-66-45)44(65)54-34(38(46)59)19-30-20-47-22-48-30/h9-11,14-15,20,22,24-28,33-35H,12-13,16-19,21H2,1-8H3,(H2,46,59)(H,47,48)(H,49,61)(H,50,60)(H,51,62)(H,52,64)(H,53,57)(H,54,65)(H,55,63)/b23-9+/t24-,25+,26+,27+,28+,33+,34+,35+/m1/s1.